The highest BCUT2D eigenvalue weighted by atomic mass is 32.2. The van der Waals surface area contributed by atoms with Crippen LogP contribution in [0.4, 0.5) is 6.01 Å². The molecule has 2 aliphatic rings. The highest BCUT2D eigenvalue weighted by molar-refractivity contribution is 8.00. The number of nitrogens with zero attached hydrogens (tertiary/aromatic N) is 4. The van der Waals surface area contributed by atoms with Crippen LogP contribution in [0.3, 0.4) is 0 Å². The number of aromatic nitrogens is 2. The number of carbonyl (C=O) groups is 3. The van der Waals surface area contributed by atoms with Crippen LogP contribution in [-0.4, -0.2) is 74.4 Å². The van der Waals surface area contributed by atoms with Crippen molar-refractivity contribution < 1.29 is 38.4 Å². The minimum Gasteiger partial charge on any atom is -0.502 e. The van der Waals surface area contributed by atoms with Crippen molar-refractivity contribution in [3.63, 3.8) is 0 Å². The number of carbonyl (C=O) groups excluding carboxylic acids is 2. The number of carboxylic acids is 1. The Bertz CT molecular complexity index is 1440. The van der Waals surface area contributed by atoms with Crippen molar-refractivity contribution in [1.29, 1.82) is 0 Å². The molecule has 4 heterocycles. The second-order valence-electron chi connectivity index (χ2n) is 8.80. The number of oxime groups is 1. The minimum absolute atomic E-state index is 0.0326. The van der Waals surface area contributed by atoms with Gasteiger partial charge in [-0.25, -0.2) is 0 Å². The number of hydrogen-bond donors (Lipinski definition) is 4. The first-order valence-electron chi connectivity index (χ1n) is 11.1. The first-order chi connectivity index (χ1) is 17.7. The van der Waals surface area contributed by atoms with E-state index in [9.17, 15) is 24.6 Å². The van der Waals surface area contributed by atoms with Gasteiger partial charge in [-0.1, -0.05) is 23.4 Å². The second kappa shape index (κ2) is 9.28. The van der Waals surface area contributed by atoms with E-state index in [1.54, 1.807) is 22.9 Å². The summed E-state index contributed by atoms with van der Waals surface area (Å²) in [4.78, 5) is 48.3. The first-order valence-corrected chi connectivity index (χ1v) is 12.2. The maximum absolute atomic E-state index is 13.0. The molecular weight excluding hydrogens is 504 g/mol. The number of anilines is 1. The lowest BCUT2D eigenvalue weighted by Gasteiger charge is -2.53. The van der Waals surface area contributed by atoms with Gasteiger partial charge in [0.2, 0.25) is 12.1 Å². The van der Waals surface area contributed by atoms with E-state index < -0.39 is 34.6 Å². The predicted molar refractivity (Wildman–Crippen MR) is 130 cm³/mol. The number of thioether (sulfide) groups is 1. The molecule has 0 radical (unpaired) electrons. The predicted octanol–water partition coefficient (Wildman–Crippen LogP) is -0.0753. The van der Waals surface area contributed by atoms with Crippen LogP contribution >= 0.6 is 11.8 Å². The number of amides is 2. The number of nitrogens with two attached hydrogens (primary N) is 1. The fourth-order valence-electron chi connectivity index (χ4n) is 4.55. The summed E-state index contributed by atoms with van der Waals surface area (Å²) in [6.45, 7) is -0.00981. The topological polar surface area (TPSA) is 184 Å². The van der Waals surface area contributed by atoms with Gasteiger partial charge in [-0.05, 0) is 6.07 Å². The summed E-state index contributed by atoms with van der Waals surface area (Å²) in [5.74, 6) is -1.98. The summed E-state index contributed by atoms with van der Waals surface area (Å²) >= 11 is 1.26. The molecule has 0 saturated carbocycles. The highest BCUT2D eigenvalue weighted by Gasteiger charge is 2.59. The molecule has 5 N–H and O–H groups in total. The van der Waals surface area contributed by atoms with E-state index in [-0.39, 0.29) is 42.0 Å². The van der Waals surface area contributed by atoms with Gasteiger partial charge >= 0.3 is 5.97 Å². The third-order valence-corrected chi connectivity index (χ3v) is 7.95. The maximum Gasteiger partial charge on any atom is 0.318 e. The fraction of sp³-hybridized carbons (Fsp3) is 0.304. The van der Waals surface area contributed by atoms with Crippen LogP contribution < -0.4 is 15.6 Å². The van der Waals surface area contributed by atoms with E-state index in [0.717, 1.165) is 11.6 Å². The number of nitrogen functional groups attached to an aromatic ring is 1. The first kappa shape index (κ1) is 24.4. The van der Waals surface area contributed by atoms with Crippen LogP contribution in [0.5, 0.6) is 5.75 Å². The van der Waals surface area contributed by atoms with Crippen molar-refractivity contribution in [1.82, 2.24) is 15.2 Å². The number of oxazole rings is 1. The fourth-order valence-corrected chi connectivity index (χ4v) is 6.08. The lowest BCUT2D eigenvalue weighted by atomic mass is 9.86. The normalized spacial score (nSPS) is 23.3. The molecule has 5 rings (SSSR count). The monoisotopic (exact) mass is 527 g/mol. The Labute approximate surface area is 213 Å². The van der Waals surface area contributed by atoms with E-state index in [1.165, 1.54) is 30.0 Å². The number of fused-ring (bicyclic) bond motifs is 2. The van der Waals surface area contributed by atoms with Crippen molar-refractivity contribution >= 4 is 52.0 Å². The Hall–Kier alpha value is -4.33. The van der Waals surface area contributed by atoms with Crippen LogP contribution in [0.1, 0.15) is 5.69 Å². The average molecular weight is 528 g/mol. The zero-order valence-corrected chi connectivity index (χ0v) is 20.3. The molecule has 192 valence electrons. The second-order valence-corrected chi connectivity index (χ2v) is 9.91. The summed E-state index contributed by atoms with van der Waals surface area (Å²) < 4.78 is 6.55. The molecule has 2 aliphatic heterocycles. The molecule has 2 unspecified atom stereocenters. The summed E-state index contributed by atoms with van der Waals surface area (Å²) in [5.41, 5.74) is 3.99. The van der Waals surface area contributed by atoms with Crippen LogP contribution in [-0.2, 0) is 25.8 Å². The summed E-state index contributed by atoms with van der Waals surface area (Å²) in [5, 5.41) is 27.8. The van der Waals surface area contributed by atoms with Gasteiger partial charge in [-0.15, -0.1) is 11.8 Å². The Morgan fingerprint density at radius 2 is 2.19 bits per heavy atom. The number of aliphatic carboxylic acids is 1. The van der Waals surface area contributed by atoms with Crippen LogP contribution in [0.25, 0.3) is 10.8 Å². The van der Waals surface area contributed by atoms with E-state index >= 15 is 0 Å². The molecule has 1 aromatic carbocycles. The summed E-state index contributed by atoms with van der Waals surface area (Å²) in [6.07, 6.45) is 4.39. The van der Waals surface area contributed by atoms with Crippen molar-refractivity contribution in [3.05, 3.63) is 48.6 Å². The van der Waals surface area contributed by atoms with Gasteiger partial charge in [0.05, 0.1) is 0 Å². The summed E-state index contributed by atoms with van der Waals surface area (Å²) in [6, 6.07) is 6.19. The van der Waals surface area contributed by atoms with Gasteiger partial charge in [-0.2, -0.15) is 9.55 Å². The third kappa shape index (κ3) is 4.28. The molecule has 2 fully saturated rings. The van der Waals surface area contributed by atoms with Crippen LogP contribution in [0, 0.1) is 5.41 Å². The van der Waals surface area contributed by atoms with E-state index in [4.69, 9.17) is 15.0 Å². The number of rotatable bonds is 7. The number of hydrogen-bond acceptors (Lipinski definition) is 10. The summed E-state index contributed by atoms with van der Waals surface area (Å²) in [7, 11) is 1.25. The van der Waals surface area contributed by atoms with Crippen LogP contribution in [0.2, 0.25) is 0 Å². The smallest absolute Gasteiger partial charge is 0.318 e. The lowest BCUT2D eigenvalue weighted by Crippen LogP contribution is -2.75. The van der Waals surface area contributed by atoms with Crippen molar-refractivity contribution in [2.45, 2.75) is 18.0 Å². The number of benzene rings is 1. The zero-order chi connectivity index (χ0) is 26.3. The lowest BCUT2D eigenvalue weighted by molar-refractivity contribution is -0.705. The van der Waals surface area contributed by atoms with Crippen molar-refractivity contribution in [2.75, 3.05) is 25.1 Å². The average Bonchev–Trinajstić information content (AvgIpc) is 3.31. The molecule has 3 aromatic rings. The molecule has 2 aromatic heterocycles. The molecule has 2 saturated heterocycles. The molecule has 2 amide bonds. The molecule has 3 atom stereocenters. The maximum atomic E-state index is 13.0. The minimum atomic E-state index is -1.30. The Balaban J connectivity index is 1.32. The SMILES string of the molecule is CON=C(C(=O)NC1C(=O)N2CC(C[n+]3cc(O)c4ccccc4c3)(C(=O)O)CS[C@H]12)c1coc(N)n1. The van der Waals surface area contributed by atoms with E-state index in [1.807, 2.05) is 12.1 Å². The molecule has 0 spiro atoms. The zero-order valence-electron chi connectivity index (χ0n) is 19.5. The molecule has 37 heavy (non-hydrogen) atoms. The van der Waals surface area contributed by atoms with Crippen molar-refractivity contribution in [3.8, 4) is 5.75 Å². The van der Waals surface area contributed by atoms with Gasteiger partial charge in [0.15, 0.2) is 29.6 Å². The van der Waals surface area contributed by atoms with Crippen molar-refractivity contribution in [2.24, 2.45) is 10.6 Å². The van der Waals surface area contributed by atoms with Gasteiger partial charge < -0.3 is 35.4 Å². The van der Waals surface area contributed by atoms with Gasteiger partial charge in [-0.3, -0.25) is 14.4 Å². The van der Waals surface area contributed by atoms with E-state index in [0.29, 0.717) is 5.39 Å². The van der Waals surface area contributed by atoms with Gasteiger partial charge in [0, 0.05) is 23.1 Å². The Morgan fingerprint density at radius 3 is 2.89 bits per heavy atom. The standard InChI is InChI=1S/C23H22N6O7S/c1-35-27-16(14-8-36-22(24)25-14)18(31)26-17-19(32)29-10-23(21(33)34,11-37-20(17)29)9-28-6-12-4-2-3-5-13(12)15(30)7-28/h2-8,17,20H,9-11H2,1H3,(H4-,24,25,26,30,31,33,34)/p+1/t17?,20-,23?/m1/s1. The number of aromatic hydroxyl groups is 1. The number of carboxylic acid groups (broad SMARTS) is 1. The molecule has 13 nitrogen and oxygen atoms in total. The Morgan fingerprint density at radius 1 is 1.41 bits per heavy atom. The van der Waals surface area contributed by atoms with E-state index in [2.05, 4.69) is 15.5 Å². The highest BCUT2D eigenvalue weighted by Crippen LogP contribution is 2.42. The molecule has 0 aliphatic carbocycles. The van der Waals surface area contributed by atoms with Gasteiger partial charge in [0.1, 0.15) is 30.5 Å². The molecular formula is C23H23N6O7S+. The molecule has 0 bridgehead atoms. The number of nitrogens with one attached hydrogen (secondary N) is 1. The Kier molecular flexibility index (Phi) is 6.11. The molecule has 14 heteroatoms. The quantitative estimate of drug-likeness (QED) is 0.140. The number of pyridine rings is 1. The van der Waals surface area contributed by atoms with Crippen LogP contribution in [0.15, 0.2) is 52.5 Å². The number of β-lactam (4-membered cyclic amide) rings is 1. The largest absolute Gasteiger partial charge is 0.502 e. The van der Waals surface area contributed by atoms with Gasteiger partial charge in [0.25, 0.3) is 11.9 Å². The third-order valence-electron chi connectivity index (χ3n) is 6.36.